The number of nitrogens with zero attached hydrogens (tertiary/aromatic N) is 2. The fourth-order valence-corrected chi connectivity index (χ4v) is 2.21. The van der Waals surface area contributed by atoms with Gasteiger partial charge in [-0.25, -0.2) is 0 Å². The Labute approximate surface area is 114 Å². The summed E-state index contributed by atoms with van der Waals surface area (Å²) >= 11 is 0. The van der Waals surface area contributed by atoms with Crippen molar-refractivity contribution in [3.63, 3.8) is 0 Å². The minimum Gasteiger partial charge on any atom is -0.383 e. The maximum atomic E-state index is 12.0. The van der Waals surface area contributed by atoms with Crippen molar-refractivity contribution >= 4 is 5.91 Å². The highest BCUT2D eigenvalue weighted by Crippen LogP contribution is 2.23. The maximum absolute atomic E-state index is 12.0. The van der Waals surface area contributed by atoms with Crippen molar-refractivity contribution in [2.24, 2.45) is 12.8 Å². The number of nitrogens with one attached hydrogen (secondary N) is 1. The Kier molecular flexibility index (Phi) is 5.50. The molecule has 0 aliphatic heterocycles. The van der Waals surface area contributed by atoms with E-state index < -0.39 is 6.04 Å². The fraction of sp³-hybridized carbons (Fsp3) is 0.692. The highest BCUT2D eigenvalue weighted by Gasteiger charge is 2.22. The summed E-state index contributed by atoms with van der Waals surface area (Å²) in [6, 6.07) is -0.708. The second-order valence-electron chi connectivity index (χ2n) is 4.74. The molecule has 1 aromatic rings. The van der Waals surface area contributed by atoms with Crippen LogP contribution in [0.15, 0.2) is 0 Å². The summed E-state index contributed by atoms with van der Waals surface area (Å²) in [5.74, 6) is -0.198. The van der Waals surface area contributed by atoms with E-state index in [9.17, 15) is 4.79 Å². The second-order valence-corrected chi connectivity index (χ2v) is 4.74. The standard InChI is InChI=1S/C13H24N4O2/c1-6-11(15-13(18)10(14)7-19-5)12-8(2)16-17(4)9(12)3/h10-11H,6-7,14H2,1-5H3,(H,15,18). The van der Waals surface area contributed by atoms with Gasteiger partial charge in [-0.1, -0.05) is 6.92 Å². The van der Waals surface area contributed by atoms with Gasteiger partial charge in [-0.05, 0) is 20.3 Å². The van der Waals surface area contributed by atoms with Gasteiger partial charge in [0.25, 0.3) is 0 Å². The first-order valence-electron chi connectivity index (χ1n) is 6.47. The van der Waals surface area contributed by atoms with Gasteiger partial charge in [0.2, 0.25) is 5.91 Å². The largest absolute Gasteiger partial charge is 0.383 e. The van der Waals surface area contributed by atoms with Crippen LogP contribution in [0, 0.1) is 13.8 Å². The van der Waals surface area contributed by atoms with E-state index in [1.165, 1.54) is 7.11 Å². The van der Waals surface area contributed by atoms with Gasteiger partial charge in [-0.15, -0.1) is 0 Å². The van der Waals surface area contributed by atoms with E-state index in [1.807, 2.05) is 32.5 Å². The van der Waals surface area contributed by atoms with Crippen LogP contribution >= 0.6 is 0 Å². The molecule has 1 heterocycles. The van der Waals surface area contributed by atoms with E-state index >= 15 is 0 Å². The molecule has 0 spiro atoms. The monoisotopic (exact) mass is 268 g/mol. The zero-order chi connectivity index (χ0) is 14.6. The summed E-state index contributed by atoms with van der Waals surface area (Å²) in [5.41, 5.74) is 8.80. The number of carbonyl (C=O) groups excluding carboxylic acids is 1. The smallest absolute Gasteiger partial charge is 0.239 e. The van der Waals surface area contributed by atoms with Crippen LogP contribution in [-0.2, 0) is 16.6 Å². The van der Waals surface area contributed by atoms with Gasteiger partial charge in [-0.3, -0.25) is 9.48 Å². The Morgan fingerprint density at radius 2 is 2.16 bits per heavy atom. The Bertz CT molecular complexity index is 442. The summed E-state index contributed by atoms with van der Waals surface area (Å²) in [6.07, 6.45) is 0.790. The summed E-state index contributed by atoms with van der Waals surface area (Å²) in [7, 11) is 3.43. The van der Waals surface area contributed by atoms with Gasteiger partial charge in [0.05, 0.1) is 18.3 Å². The molecular formula is C13H24N4O2. The van der Waals surface area contributed by atoms with Crippen LogP contribution in [0.4, 0.5) is 0 Å². The molecule has 108 valence electrons. The molecule has 3 N–H and O–H groups in total. The first kappa shape index (κ1) is 15.7. The molecule has 0 saturated carbocycles. The molecule has 6 nitrogen and oxygen atoms in total. The maximum Gasteiger partial charge on any atom is 0.239 e. The Hall–Kier alpha value is -1.40. The van der Waals surface area contributed by atoms with E-state index in [4.69, 9.17) is 10.5 Å². The lowest BCUT2D eigenvalue weighted by Gasteiger charge is -2.20. The average Bonchev–Trinajstić information content (AvgIpc) is 2.61. The van der Waals surface area contributed by atoms with Gasteiger partial charge in [-0.2, -0.15) is 5.10 Å². The molecule has 0 aliphatic rings. The van der Waals surface area contributed by atoms with E-state index in [0.717, 1.165) is 23.4 Å². The molecule has 2 atom stereocenters. The number of nitrogens with two attached hydrogens (primary N) is 1. The average molecular weight is 268 g/mol. The number of carbonyl (C=O) groups is 1. The van der Waals surface area contributed by atoms with E-state index in [1.54, 1.807) is 0 Å². The van der Waals surface area contributed by atoms with Gasteiger partial charge >= 0.3 is 0 Å². The quantitative estimate of drug-likeness (QED) is 0.790. The van der Waals surface area contributed by atoms with Crippen molar-refractivity contribution in [1.82, 2.24) is 15.1 Å². The second kappa shape index (κ2) is 6.68. The van der Waals surface area contributed by atoms with Crippen molar-refractivity contribution in [2.75, 3.05) is 13.7 Å². The topological polar surface area (TPSA) is 82.2 Å². The van der Waals surface area contributed by atoms with E-state index in [0.29, 0.717) is 0 Å². The summed E-state index contributed by atoms with van der Waals surface area (Å²) in [4.78, 5) is 12.0. The van der Waals surface area contributed by atoms with Gasteiger partial charge in [0.15, 0.2) is 0 Å². The first-order valence-corrected chi connectivity index (χ1v) is 6.47. The number of ether oxygens (including phenoxy) is 1. The molecule has 0 aromatic carbocycles. The molecule has 19 heavy (non-hydrogen) atoms. The molecule has 1 amide bonds. The molecule has 0 saturated heterocycles. The van der Waals surface area contributed by atoms with E-state index in [-0.39, 0.29) is 18.6 Å². The first-order chi connectivity index (χ1) is 8.92. The Morgan fingerprint density at radius 1 is 1.53 bits per heavy atom. The number of methoxy groups -OCH3 is 1. The van der Waals surface area contributed by atoms with Crippen LogP contribution in [0.25, 0.3) is 0 Å². The number of aryl methyl sites for hydroxylation is 2. The molecule has 6 heteroatoms. The van der Waals surface area contributed by atoms with Crippen molar-refractivity contribution < 1.29 is 9.53 Å². The molecular weight excluding hydrogens is 244 g/mol. The highest BCUT2D eigenvalue weighted by atomic mass is 16.5. The molecule has 0 bridgehead atoms. The number of rotatable bonds is 6. The van der Waals surface area contributed by atoms with Crippen LogP contribution in [0.5, 0.6) is 0 Å². The van der Waals surface area contributed by atoms with Crippen molar-refractivity contribution in [3.05, 3.63) is 17.0 Å². The predicted octanol–water partition coefficient (Wildman–Crippen LogP) is 0.578. The van der Waals surface area contributed by atoms with Crippen molar-refractivity contribution in [2.45, 2.75) is 39.3 Å². The lowest BCUT2D eigenvalue weighted by Crippen LogP contribution is -2.44. The summed E-state index contributed by atoms with van der Waals surface area (Å²) in [5, 5.41) is 7.34. The third-order valence-corrected chi connectivity index (χ3v) is 3.32. The molecule has 0 radical (unpaired) electrons. The normalized spacial score (nSPS) is 14.2. The van der Waals surface area contributed by atoms with E-state index in [2.05, 4.69) is 10.4 Å². The van der Waals surface area contributed by atoms with Crippen LogP contribution in [-0.4, -0.2) is 35.4 Å². The van der Waals surface area contributed by atoms with Crippen molar-refractivity contribution in [1.29, 1.82) is 0 Å². The van der Waals surface area contributed by atoms with Crippen LogP contribution in [0.3, 0.4) is 0 Å². The third kappa shape index (κ3) is 3.54. The molecule has 0 fully saturated rings. The predicted molar refractivity (Wildman–Crippen MR) is 73.7 cm³/mol. The van der Waals surface area contributed by atoms with Crippen molar-refractivity contribution in [3.8, 4) is 0 Å². The molecule has 2 unspecified atom stereocenters. The minimum absolute atomic E-state index is 0.0656. The van der Waals surface area contributed by atoms with Crippen LogP contribution in [0.1, 0.15) is 36.3 Å². The Morgan fingerprint density at radius 3 is 2.58 bits per heavy atom. The lowest BCUT2D eigenvalue weighted by molar-refractivity contribution is -0.124. The molecule has 0 aliphatic carbocycles. The molecule has 1 aromatic heterocycles. The van der Waals surface area contributed by atoms with Gasteiger partial charge in [0, 0.05) is 25.4 Å². The number of hydrogen-bond acceptors (Lipinski definition) is 4. The SMILES string of the molecule is CCC(NC(=O)C(N)COC)c1c(C)nn(C)c1C. The lowest BCUT2D eigenvalue weighted by atomic mass is 10.0. The fourth-order valence-electron chi connectivity index (χ4n) is 2.21. The van der Waals surface area contributed by atoms with Crippen LogP contribution in [0.2, 0.25) is 0 Å². The number of amides is 1. The zero-order valence-electron chi connectivity index (χ0n) is 12.4. The number of aromatic nitrogens is 2. The van der Waals surface area contributed by atoms with Gasteiger partial charge < -0.3 is 15.8 Å². The third-order valence-electron chi connectivity index (χ3n) is 3.32. The Balaban J connectivity index is 2.87. The molecule has 1 rings (SSSR count). The highest BCUT2D eigenvalue weighted by molar-refractivity contribution is 5.82. The zero-order valence-corrected chi connectivity index (χ0v) is 12.4. The van der Waals surface area contributed by atoms with Crippen LogP contribution < -0.4 is 11.1 Å². The van der Waals surface area contributed by atoms with Gasteiger partial charge in [0.1, 0.15) is 6.04 Å². The summed E-state index contributed by atoms with van der Waals surface area (Å²) < 4.78 is 6.72. The minimum atomic E-state index is -0.642. The number of hydrogen-bond donors (Lipinski definition) is 2. The summed E-state index contributed by atoms with van der Waals surface area (Å²) in [6.45, 7) is 6.19.